The van der Waals surface area contributed by atoms with Gasteiger partial charge >= 0.3 is 12.1 Å². The molecule has 0 radical (unpaired) electrons. The highest BCUT2D eigenvalue weighted by Crippen LogP contribution is 2.36. The van der Waals surface area contributed by atoms with E-state index in [2.05, 4.69) is 4.99 Å². The van der Waals surface area contributed by atoms with Crippen molar-refractivity contribution in [2.75, 3.05) is 6.61 Å². The SMILES string of the molecule is CCOc1ccc(-c2cccc(C(=O)O)c2)cc1CC1(C(=O)c2ccc(C(F)(F)F)cc2F)C=CC=N1. The molecule has 0 amide bonds. The molecule has 0 saturated heterocycles. The quantitative estimate of drug-likeness (QED) is 0.280. The van der Waals surface area contributed by atoms with Gasteiger partial charge in [0.1, 0.15) is 17.1 Å². The Morgan fingerprint density at radius 1 is 1.03 bits per heavy atom. The summed E-state index contributed by atoms with van der Waals surface area (Å²) in [5.41, 5.74) is -1.42. The van der Waals surface area contributed by atoms with Crippen LogP contribution in [0.4, 0.5) is 17.6 Å². The summed E-state index contributed by atoms with van der Waals surface area (Å²) in [7, 11) is 0. The second-order valence-electron chi connectivity index (χ2n) is 8.40. The average Bonchev–Trinajstić information content (AvgIpc) is 3.34. The standard InChI is InChI=1S/C28H21F4NO4/c1-2-37-24-10-7-18(17-5-3-6-19(13-17)26(35)36)14-20(24)16-27(11-4-12-33-27)25(34)22-9-8-21(15-23(22)29)28(30,31)32/h3-15H,2,16H2,1H3,(H,35,36). The number of halogens is 4. The number of hydrogen-bond acceptors (Lipinski definition) is 4. The Bertz CT molecular complexity index is 1410. The minimum absolute atomic E-state index is 0.0684. The van der Waals surface area contributed by atoms with Crippen molar-refractivity contribution < 1.29 is 37.0 Å². The van der Waals surface area contributed by atoms with Gasteiger partial charge < -0.3 is 9.84 Å². The number of benzene rings is 3. The molecule has 1 aliphatic rings. The van der Waals surface area contributed by atoms with Gasteiger partial charge in [-0.3, -0.25) is 9.79 Å². The lowest BCUT2D eigenvalue weighted by atomic mass is 9.83. The lowest BCUT2D eigenvalue weighted by Gasteiger charge is -2.25. The summed E-state index contributed by atoms with van der Waals surface area (Å²) < 4.78 is 59.4. The highest BCUT2D eigenvalue weighted by molar-refractivity contribution is 6.07. The summed E-state index contributed by atoms with van der Waals surface area (Å²) in [6.45, 7) is 2.09. The Kier molecular flexibility index (Phi) is 6.98. The van der Waals surface area contributed by atoms with E-state index in [1.165, 1.54) is 30.5 Å². The number of rotatable bonds is 8. The van der Waals surface area contributed by atoms with Gasteiger partial charge in [0.25, 0.3) is 0 Å². The number of carboxylic acid groups (broad SMARTS) is 1. The largest absolute Gasteiger partial charge is 0.494 e. The van der Waals surface area contributed by atoms with Crippen molar-refractivity contribution in [3.05, 3.63) is 101 Å². The number of allylic oxidation sites excluding steroid dienone is 1. The summed E-state index contributed by atoms with van der Waals surface area (Å²) in [5, 5.41) is 9.33. The first-order chi connectivity index (χ1) is 17.5. The summed E-state index contributed by atoms with van der Waals surface area (Å²) >= 11 is 0. The molecule has 0 bridgehead atoms. The molecule has 0 aromatic heterocycles. The van der Waals surface area contributed by atoms with Crippen LogP contribution in [0.5, 0.6) is 5.75 Å². The molecule has 0 aliphatic carbocycles. The first-order valence-electron chi connectivity index (χ1n) is 11.3. The lowest BCUT2D eigenvalue weighted by Crippen LogP contribution is -2.36. The van der Waals surface area contributed by atoms with Gasteiger partial charge in [-0.25, -0.2) is 9.18 Å². The molecule has 1 aliphatic heterocycles. The van der Waals surface area contributed by atoms with Crippen LogP contribution in [-0.2, 0) is 12.6 Å². The third-order valence-electron chi connectivity index (χ3n) is 5.96. The van der Waals surface area contributed by atoms with Gasteiger partial charge in [0, 0.05) is 12.6 Å². The van der Waals surface area contributed by atoms with Crippen LogP contribution in [0.3, 0.4) is 0 Å². The predicted octanol–water partition coefficient (Wildman–Crippen LogP) is 6.41. The Hall–Kier alpha value is -4.27. The number of aliphatic imine (C=N–C) groups is 1. The molecule has 37 heavy (non-hydrogen) atoms. The summed E-state index contributed by atoms with van der Waals surface area (Å²) in [6.07, 6.45) is -0.460. The molecule has 4 rings (SSSR count). The van der Waals surface area contributed by atoms with Crippen molar-refractivity contribution in [3.8, 4) is 16.9 Å². The van der Waals surface area contributed by atoms with Gasteiger partial charge in [-0.1, -0.05) is 18.2 Å². The van der Waals surface area contributed by atoms with Crippen LogP contribution >= 0.6 is 0 Å². The molecule has 190 valence electrons. The maximum Gasteiger partial charge on any atom is 0.416 e. The number of carboxylic acids is 1. The zero-order chi connectivity index (χ0) is 26.8. The monoisotopic (exact) mass is 511 g/mol. The van der Waals surface area contributed by atoms with E-state index in [0.29, 0.717) is 41.2 Å². The molecule has 5 nitrogen and oxygen atoms in total. The van der Waals surface area contributed by atoms with E-state index >= 15 is 0 Å². The zero-order valence-corrected chi connectivity index (χ0v) is 19.6. The number of ketones is 1. The van der Waals surface area contributed by atoms with Crippen LogP contribution in [0.2, 0.25) is 0 Å². The van der Waals surface area contributed by atoms with E-state index in [-0.39, 0.29) is 12.0 Å². The van der Waals surface area contributed by atoms with Gasteiger partial charge in [0.05, 0.1) is 23.3 Å². The van der Waals surface area contributed by atoms with Crippen LogP contribution in [-0.4, -0.2) is 35.2 Å². The van der Waals surface area contributed by atoms with Gasteiger partial charge in [-0.05, 0) is 78.2 Å². The normalized spacial score (nSPS) is 16.7. The minimum Gasteiger partial charge on any atom is -0.494 e. The molecule has 9 heteroatoms. The van der Waals surface area contributed by atoms with Crippen molar-refractivity contribution in [1.82, 2.24) is 0 Å². The zero-order valence-electron chi connectivity index (χ0n) is 19.6. The van der Waals surface area contributed by atoms with Crippen molar-refractivity contribution in [2.45, 2.75) is 25.1 Å². The molecule has 3 aromatic carbocycles. The molecule has 1 N–H and O–H groups in total. The van der Waals surface area contributed by atoms with E-state index in [1.54, 1.807) is 37.3 Å². The third kappa shape index (κ3) is 5.30. The second-order valence-corrected chi connectivity index (χ2v) is 8.40. The molecule has 0 saturated carbocycles. The summed E-state index contributed by atoms with van der Waals surface area (Å²) in [4.78, 5) is 29.2. The smallest absolute Gasteiger partial charge is 0.416 e. The number of hydrogen-bond donors (Lipinski definition) is 1. The van der Waals surface area contributed by atoms with Gasteiger partial charge in [-0.15, -0.1) is 0 Å². The van der Waals surface area contributed by atoms with Crippen molar-refractivity contribution in [3.63, 3.8) is 0 Å². The number of ether oxygens (including phenoxy) is 1. The van der Waals surface area contributed by atoms with Gasteiger partial charge in [0.15, 0.2) is 5.78 Å². The molecule has 1 heterocycles. The number of alkyl halides is 3. The Balaban J connectivity index is 1.76. The number of nitrogens with zero attached hydrogens (tertiary/aromatic N) is 1. The average molecular weight is 511 g/mol. The second kappa shape index (κ2) is 10.0. The topological polar surface area (TPSA) is 76.0 Å². The Labute approximate surface area is 209 Å². The van der Waals surface area contributed by atoms with Crippen LogP contribution in [0, 0.1) is 5.82 Å². The van der Waals surface area contributed by atoms with E-state index in [4.69, 9.17) is 4.74 Å². The van der Waals surface area contributed by atoms with Crippen LogP contribution in [0.25, 0.3) is 11.1 Å². The molecule has 1 unspecified atom stereocenters. The van der Waals surface area contributed by atoms with E-state index in [1.807, 2.05) is 0 Å². The van der Waals surface area contributed by atoms with Crippen LogP contribution in [0.1, 0.15) is 38.8 Å². The third-order valence-corrected chi connectivity index (χ3v) is 5.96. The molecular formula is C28H21F4NO4. The maximum absolute atomic E-state index is 14.7. The summed E-state index contributed by atoms with van der Waals surface area (Å²) in [5.74, 6) is -2.74. The molecular weight excluding hydrogens is 490 g/mol. The maximum atomic E-state index is 14.7. The highest BCUT2D eigenvalue weighted by Gasteiger charge is 2.40. The van der Waals surface area contributed by atoms with E-state index in [0.717, 1.165) is 6.07 Å². The number of Topliss-reactive ketones (excluding diaryl/α,β-unsaturated/α-hetero) is 1. The van der Waals surface area contributed by atoms with E-state index < -0.39 is 40.4 Å². The first kappa shape index (κ1) is 25.8. The van der Waals surface area contributed by atoms with Gasteiger partial charge in [0.2, 0.25) is 0 Å². The highest BCUT2D eigenvalue weighted by atomic mass is 19.4. The predicted molar refractivity (Wildman–Crippen MR) is 130 cm³/mol. The molecule has 0 spiro atoms. The van der Waals surface area contributed by atoms with Crippen LogP contribution < -0.4 is 4.74 Å². The van der Waals surface area contributed by atoms with E-state index in [9.17, 15) is 32.3 Å². The Morgan fingerprint density at radius 3 is 2.41 bits per heavy atom. The molecule has 0 fully saturated rings. The molecule has 3 aromatic rings. The first-order valence-corrected chi connectivity index (χ1v) is 11.3. The fourth-order valence-electron chi connectivity index (χ4n) is 4.16. The molecule has 1 atom stereocenters. The number of carbonyl (C=O) groups is 2. The van der Waals surface area contributed by atoms with Crippen molar-refractivity contribution in [2.24, 2.45) is 4.99 Å². The fraction of sp³-hybridized carbons (Fsp3) is 0.179. The van der Waals surface area contributed by atoms with Crippen molar-refractivity contribution in [1.29, 1.82) is 0 Å². The minimum atomic E-state index is -4.75. The number of aromatic carboxylic acids is 1. The lowest BCUT2D eigenvalue weighted by molar-refractivity contribution is -0.137. The Morgan fingerprint density at radius 2 is 1.78 bits per heavy atom. The van der Waals surface area contributed by atoms with Crippen molar-refractivity contribution >= 4 is 18.0 Å². The van der Waals surface area contributed by atoms with Crippen LogP contribution in [0.15, 0.2) is 77.8 Å². The summed E-state index contributed by atoms with van der Waals surface area (Å²) in [6, 6.07) is 13.2. The van der Waals surface area contributed by atoms with Gasteiger partial charge in [-0.2, -0.15) is 13.2 Å². The number of carbonyl (C=O) groups excluding carboxylic acids is 1. The fourth-order valence-corrected chi connectivity index (χ4v) is 4.16.